The largest absolute Gasteiger partial charge is 0.376 e. The smallest absolute Gasteiger partial charge is 0.269 e. The summed E-state index contributed by atoms with van der Waals surface area (Å²) < 4.78 is 6.07. The van der Waals surface area contributed by atoms with Gasteiger partial charge in [0.1, 0.15) is 5.69 Å². The lowest BCUT2D eigenvalue weighted by Crippen LogP contribution is -2.63. The number of carbonyl (C=O) groups excluding carboxylic acids is 1. The Morgan fingerprint density at radius 1 is 1.23 bits per heavy atom. The highest BCUT2D eigenvalue weighted by molar-refractivity contribution is 5.92. The van der Waals surface area contributed by atoms with Crippen LogP contribution in [0.5, 0.6) is 0 Å². The number of amides is 1. The van der Waals surface area contributed by atoms with Gasteiger partial charge in [0, 0.05) is 19.9 Å². The second-order valence-corrected chi connectivity index (χ2v) is 7.36. The predicted octanol–water partition coefficient (Wildman–Crippen LogP) is 2.65. The van der Waals surface area contributed by atoms with Gasteiger partial charge < -0.3 is 10.1 Å². The minimum Gasteiger partial charge on any atom is -0.376 e. The van der Waals surface area contributed by atoms with Crippen LogP contribution in [0, 0.1) is 23.7 Å². The molecule has 1 aromatic heterocycles. The highest BCUT2D eigenvalue weighted by Crippen LogP contribution is 2.59. The lowest BCUT2D eigenvalue weighted by atomic mass is 9.49. The normalized spacial score (nSPS) is 39.0. The van der Waals surface area contributed by atoms with Gasteiger partial charge in [0.05, 0.1) is 5.60 Å². The fourth-order valence-electron chi connectivity index (χ4n) is 5.48. The number of aromatic nitrogens is 1. The summed E-state index contributed by atoms with van der Waals surface area (Å²) in [5.41, 5.74) is 0.329. The summed E-state index contributed by atoms with van der Waals surface area (Å²) in [7, 11) is 1.83. The van der Waals surface area contributed by atoms with Crippen LogP contribution in [0.25, 0.3) is 0 Å². The van der Waals surface area contributed by atoms with Crippen LogP contribution < -0.4 is 5.32 Å². The Morgan fingerprint density at radius 3 is 2.45 bits per heavy atom. The molecule has 4 aliphatic rings. The van der Waals surface area contributed by atoms with Crippen LogP contribution >= 0.6 is 0 Å². The molecule has 0 saturated heterocycles. The van der Waals surface area contributed by atoms with Gasteiger partial charge in [0.25, 0.3) is 5.91 Å². The number of hydrogen-bond acceptors (Lipinski definition) is 3. The first-order valence-corrected chi connectivity index (χ1v) is 8.45. The molecule has 5 rings (SSSR count). The fraction of sp³-hybridized carbons (Fsp3) is 0.667. The third-order valence-corrected chi connectivity index (χ3v) is 6.32. The molecule has 0 unspecified atom stereocenters. The minimum absolute atomic E-state index is 0.0918. The molecule has 118 valence electrons. The van der Waals surface area contributed by atoms with Crippen molar-refractivity contribution in [2.24, 2.45) is 23.7 Å². The molecule has 0 aromatic carbocycles. The van der Waals surface area contributed by atoms with Crippen molar-refractivity contribution < 1.29 is 9.53 Å². The van der Waals surface area contributed by atoms with Crippen molar-refractivity contribution in [1.82, 2.24) is 10.3 Å². The molecule has 0 aliphatic heterocycles. The molecule has 4 fully saturated rings. The van der Waals surface area contributed by atoms with Crippen LogP contribution in [-0.4, -0.2) is 30.1 Å². The molecule has 1 aromatic rings. The van der Waals surface area contributed by atoms with E-state index in [0.717, 1.165) is 11.8 Å². The zero-order valence-corrected chi connectivity index (χ0v) is 13.1. The van der Waals surface area contributed by atoms with E-state index in [1.807, 2.05) is 19.2 Å². The van der Waals surface area contributed by atoms with Gasteiger partial charge in [0.15, 0.2) is 0 Å². The first kappa shape index (κ1) is 14.2. The van der Waals surface area contributed by atoms with E-state index >= 15 is 0 Å². The number of carbonyl (C=O) groups is 1. The van der Waals surface area contributed by atoms with E-state index in [1.165, 1.54) is 32.1 Å². The first-order valence-electron chi connectivity index (χ1n) is 8.45. The number of nitrogens with zero attached hydrogens (tertiary/aromatic N) is 1. The Hall–Kier alpha value is -1.42. The highest BCUT2D eigenvalue weighted by atomic mass is 16.5. The average molecular weight is 300 g/mol. The molecular weight excluding hydrogens is 276 g/mol. The summed E-state index contributed by atoms with van der Waals surface area (Å²) in [4.78, 5) is 16.4. The molecule has 1 N–H and O–H groups in total. The van der Waals surface area contributed by atoms with E-state index in [-0.39, 0.29) is 11.5 Å². The number of pyridine rings is 1. The molecule has 1 heterocycles. The Labute approximate surface area is 131 Å². The van der Waals surface area contributed by atoms with Crippen molar-refractivity contribution in [3.8, 4) is 0 Å². The summed E-state index contributed by atoms with van der Waals surface area (Å²) in [5.74, 6) is 2.93. The van der Waals surface area contributed by atoms with E-state index in [1.54, 1.807) is 12.3 Å². The molecule has 4 aliphatic carbocycles. The number of rotatable bonds is 4. The summed E-state index contributed by atoms with van der Waals surface area (Å²) >= 11 is 0. The second kappa shape index (κ2) is 5.34. The second-order valence-electron chi connectivity index (χ2n) is 7.36. The van der Waals surface area contributed by atoms with Crippen molar-refractivity contribution >= 4 is 5.91 Å². The Morgan fingerprint density at radius 2 is 1.91 bits per heavy atom. The van der Waals surface area contributed by atoms with E-state index in [2.05, 4.69) is 10.3 Å². The molecule has 4 nitrogen and oxygen atoms in total. The van der Waals surface area contributed by atoms with Gasteiger partial charge in [-0.05, 0) is 67.9 Å². The summed E-state index contributed by atoms with van der Waals surface area (Å²) in [6.45, 7) is 0.619. The minimum atomic E-state index is -0.155. The number of methoxy groups -OCH3 is 1. The molecule has 0 spiro atoms. The molecular formula is C18H24N2O2. The van der Waals surface area contributed by atoms with Crippen LogP contribution in [0.2, 0.25) is 0 Å². The Bertz CT molecular complexity index is 529. The van der Waals surface area contributed by atoms with Gasteiger partial charge in [-0.25, -0.2) is 0 Å². The first-order chi connectivity index (χ1) is 10.7. The number of ether oxygens (including phenoxy) is 1. The highest BCUT2D eigenvalue weighted by Gasteiger charge is 2.57. The maximum atomic E-state index is 12.3. The topological polar surface area (TPSA) is 51.2 Å². The number of hydrogen-bond donors (Lipinski definition) is 1. The third-order valence-electron chi connectivity index (χ3n) is 6.32. The van der Waals surface area contributed by atoms with Crippen LogP contribution in [0.3, 0.4) is 0 Å². The number of nitrogens with one attached hydrogen (secondary N) is 1. The van der Waals surface area contributed by atoms with Gasteiger partial charge in [-0.3, -0.25) is 9.78 Å². The molecule has 0 atom stereocenters. The van der Waals surface area contributed by atoms with Crippen molar-refractivity contribution in [2.75, 3.05) is 13.7 Å². The zero-order valence-electron chi connectivity index (χ0n) is 13.1. The molecule has 4 bridgehead atoms. The van der Waals surface area contributed by atoms with Crippen molar-refractivity contribution in [1.29, 1.82) is 0 Å². The molecule has 4 saturated carbocycles. The molecule has 22 heavy (non-hydrogen) atoms. The molecule has 1 amide bonds. The van der Waals surface area contributed by atoms with Crippen LogP contribution in [0.1, 0.15) is 42.6 Å². The van der Waals surface area contributed by atoms with Gasteiger partial charge in [-0.1, -0.05) is 6.07 Å². The van der Waals surface area contributed by atoms with E-state index in [0.29, 0.717) is 24.1 Å². The van der Waals surface area contributed by atoms with Gasteiger partial charge in [-0.15, -0.1) is 0 Å². The quantitative estimate of drug-likeness (QED) is 0.930. The SMILES string of the molecule is COC1(CNC(=O)c2ccccn2)C2CC3CC(C2)CC1C3. The summed E-state index contributed by atoms with van der Waals surface area (Å²) in [6, 6.07) is 5.42. The van der Waals surface area contributed by atoms with Crippen LogP contribution in [0.15, 0.2) is 24.4 Å². The lowest BCUT2D eigenvalue weighted by Gasteiger charge is -2.60. The van der Waals surface area contributed by atoms with E-state index in [9.17, 15) is 4.79 Å². The van der Waals surface area contributed by atoms with Crippen LogP contribution in [0.4, 0.5) is 0 Å². The maximum Gasteiger partial charge on any atom is 0.269 e. The lowest BCUT2D eigenvalue weighted by molar-refractivity contribution is -0.186. The fourth-order valence-corrected chi connectivity index (χ4v) is 5.48. The monoisotopic (exact) mass is 300 g/mol. The third kappa shape index (κ3) is 2.16. The van der Waals surface area contributed by atoms with E-state index < -0.39 is 0 Å². The van der Waals surface area contributed by atoms with Crippen LogP contribution in [-0.2, 0) is 4.74 Å². The Balaban J connectivity index is 1.49. The van der Waals surface area contributed by atoms with E-state index in [4.69, 9.17) is 4.74 Å². The van der Waals surface area contributed by atoms with Gasteiger partial charge in [0.2, 0.25) is 0 Å². The van der Waals surface area contributed by atoms with Gasteiger partial charge >= 0.3 is 0 Å². The zero-order chi connectivity index (χ0) is 15.2. The molecule has 4 heteroatoms. The maximum absolute atomic E-state index is 12.3. The van der Waals surface area contributed by atoms with Gasteiger partial charge in [-0.2, -0.15) is 0 Å². The molecule has 0 radical (unpaired) electrons. The summed E-state index contributed by atoms with van der Waals surface area (Å²) in [6.07, 6.45) is 8.19. The van der Waals surface area contributed by atoms with Crippen molar-refractivity contribution in [3.63, 3.8) is 0 Å². The van der Waals surface area contributed by atoms with Crippen molar-refractivity contribution in [3.05, 3.63) is 30.1 Å². The predicted molar refractivity (Wildman–Crippen MR) is 83.4 cm³/mol. The summed E-state index contributed by atoms with van der Waals surface area (Å²) in [5, 5.41) is 3.09. The standard InChI is InChI=1S/C18H24N2O2/c1-22-18(11-20-17(21)16-4-2-3-5-19-16)14-7-12-6-13(9-14)10-15(18)8-12/h2-5,12-15H,6-11H2,1H3,(H,20,21). The van der Waals surface area contributed by atoms with Crippen molar-refractivity contribution in [2.45, 2.75) is 37.7 Å². The average Bonchev–Trinajstić information content (AvgIpc) is 2.55. The Kier molecular flexibility index (Phi) is 3.44.